The number of alkyl halides is 3. The number of benzene rings is 1. The lowest BCUT2D eigenvalue weighted by Crippen LogP contribution is -2.51. The van der Waals surface area contributed by atoms with Crippen molar-refractivity contribution in [1.82, 2.24) is 10.6 Å². The summed E-state index contributed by atoms with van der Waals surface area (Å²) in [6.07, 6.45) is -0.231. The van der Waals surface area contributed by atoms with Gasteiger partial charge < -0.3 is 20.7 Å². The van der Waals surface area contributed by atoms with Crippen molar-refractivity contribution >= 4 is 29.7 Å². The molecule has 0 aliphatic heterocycles. The lowest BCUT2D eigenvalue weighted by molar-refractivity contribution is -0.139. The van der Waals surface area contributed by atoms with Crippen LogP contribution in [-0.2, 0) is 14.3 Å². The van der Waals surface area contributed by atoms with Gasteiger partial charge in [-0.2, -0.15) is 13.2 Å². The zero-order chi connectivity index (χ0) is 28.4. The van der Waals surface area contributed by atoms with E-state index in [0.717, 1.165) is 31.7 Å². The summed E-state index contributed by atoms with van der Waals surface area (Å²) in [7, 11) is 0. The molecule has 0 radical (unpaired) electrons. The van der Waals surface area contributed by atoms with Gasteiger partial charge in [0.05, 0.1) is 11.6 Å². The van der Waals surface area contributed by atoms with Crippen molar-refractivity contribution in [2.75, 3.05) is 11.9 Å². The fourth-order valence-corrected chi connectivity index (χ4v) is 4.61. The Balaban J connectivity index is 1.82. The zero-order valence-corrected chi connectivity index (χ0v) is 22.0. The summed E-state index contributed by atoms with van der Waals surface area (Å²) < 4.78 is 58.0. The molecular weight excluding hydrogens is 506 g/mol. The van der Waals surface area contributed by atoms with E-state index in [4.69, 9.17) is 4.74 Å². The van der Waals surface area contributed by atoms with Gasteiger partial charge in [0.15, 0.2) is 0 Å². The van der Waals surface area contributed by atoms with Crippen LogP contribution in [-0.4, -0.2) is 42.3 Å². The van der Waals surface area contributed by atoms with Crippen molar-refractivity contribution in [3.05, 3.63) is 35.7 Å². The second kappa shape index (κ2) is 11.3. The predicted molar refractivity (Wildman–Crippen MR) is 135 cm³/mol. The van der Waals surface area contributed by atoms with Gasteiger partial charge in [-0.25, -0.2) is 9.18 Å². The second-order valence-corrected chi connectivity index (χ2v) is 11.1. The third-order valence-electron chi connectivity index (χ3n) is 6.65. The number of amides is 3. The van der Waals surface area contributed by atoms with E-state index in [9.17, 15) is 27.6 Å². The zero-order valence-electron chi connectivity index (χ0n) is 22.0. The molecule has 11 heteroatoms. The highest BCUT2D eigenvalue weighted by molar-refractivity contribution is 5.97. The molecule has 2 atom stereocenters. The van der Waals surface area contributed by atoms with Gasteiger partial charge in [-0.05, 0) is 94.4 Å². The molecule has 3 N–H and O–H groups in total. The van der Waals surface area contributed by atoms with Crippen LogP contribution in [0, 0.1) is 23.6 Å². The van der Waals surface area contributed by atoms with Crippen LogP contribution in [0.2, 0.25) is 0 Å². The minimum atomic E-state index is -4.58. The van der Waals surface area contributed by atoms with Crippen LogP contribution in [0.5, 0.6) is 0 Å². The highest BCUT2D eigenvalue weighted by Gasteiger charge is 2.48. The first-order valence-electron chi connectivity index (χ1n) is 12.7. The van der Waals surface area contributed by atoms with E-state index < -0.39 is 54.0 Å². The number of ether oxygens (including phenoxy) is 1. The summed E-state index contributed by atoms with van der Waals surface area (Å²) in [5.41, 5.74) is -0.580. The quantitative estimate of drug-likeness (QED) is 0.340. The van der Waals surface area contributed by atoms with Gasteiger partial charge in [-0.3, -0.25) is 9.59 Å². The summed E-state index contributed by atoms with van der Waals surface area (Å²) in [6.45, 7) is 8.61. The van der Waals surface area contributed by atoms with Crippen molar-refractivity contribution in [1.29, 1.82) is 0 Å². The van der Waals surface area contributed by atoms with Crippen molar-refractivity contribution < 1.29 is 36.7 Å². The Bertz CT molecular complexity index is 1060. The number of halogens is 4. The van der Waals surface area contributed by atoms with Crippen molar-refractivity contribution in [2.45, 2.75) is 77.1 Å². The van der Waals surface area contributed by atoms with Gasteiger partial charge >= 0.3 is 12.3 Å². The van der Waals surface area contributed by atoms with Crippen molar-refractivity contribution in [3.8, 4) is 0 Å². The van der Waals surface area contributed by atoms with E-state index in [-0.39, 0.29) is 34.6 Å². The van der Waals surface area contributed by atoms with Crippen LogP contribution in [0.4, 0.5) is 28.0 Å². The Kier molecular flexibility index (Phi) is 8.78. The monoisotopic (exact) mass is 541 g/mol. The molecule has 38 heavy (non-hydrogen) atoms. The Morgan fingerprint density at radius 2 is 1.66 bits per heavy atom. The molecule has 0 heterocycles. The lowest BCUT2D eigenvalue weighted by Gasteiger charge is -2.29. The van der Waals surface area contributed by atoms with Crippen molar-refractivity contribution in [3.63, 3.8) is 0 Å². The number of carbonyl (C=O) groups excluding carboxylic acids is 3. The molecule has 2 fully saturated rings. The minimum Gasteiger partial charge on any atom is -0.444 e. The average molecular weight is 542 g/mol. The SMILES string of the molecule is C=Cc1cc(NC(=O)[C@@H](NC(=O)OC(C)(C)C)C(C2CC2)C2CC2)c(F)cc1C(C)C(=O)NCC(F)(F)F. The number of carbonyl (C=O) groups is 3. The van der Waals surface area contributed by atoms with E-state index in [1.54, 1.807) is 26.1 Å². The van der Waals surface area contributed by atoms with Crippen LogP contribution in [0.15, 0.2) is 18.7 Å². The van der Waals surface area contributed by atoms with Crippen LogP contribution < -0.4 is 16.0 Å². The molecule has 0 saturated heterocycles. The van der Waals surface area contributed by atoms with Crippen LogP contribution >= 0.6 is 0 Å². The van der Waals surface area contributed by atoms with E-state index in [0.29, 0.717) is 0 Å². The normalized spacial score (nSPS) is 17.4. The average Bonchev–Trinajstić information content (AvgIpc) is 3.71. The first-order valence-corrected chi connectivity index (χ1v) is 12.7. The number of nitrogens with one attached hydrogen (secondary N) is 3. The van der Waals surface area contributed by atoms with E-state index in [2.05, 4.69) is 17.2 Å². The molecule has 1 aromatic carbocycles. The highest BCUT2D eigenvalue weighted by Crippen LogP contribution is 2.51. The third-order valence-corrected chi connectivity index (χ3v) is 6.65. The number of hydrogen-bond donors (Lipinski definition) is 3. The smallest absolute Gasteiger partial charge is 0.408 e. The van der Waals surface area contributed by atoms with E-state index >= 15 is 4.39 Å². The fraction of sp³-hybridized carbons (Fsp3) is 0.593. The largest absolute Gasteiger partial charge is 0.444 e. The second-order valence-electron chi connectivity index (χ2n) is 11.1. The Morgan fingerprint density at radius 1 is 1.08 bits per heavy atom. The molecule has 1 aromatic rings. The summed E-state index contributed by atoms with van der Waals surface area (Å²) in [5.74, 6) is -3.07. The Labute approximate surface area is 219 Å². The first-order chi connectivity index (χ1) is 17.6. The first kappa shape index (κ1) is 29.4. The molecule has 2 saturated carbocycles. The van der Waals surface area contributed by atoms with Gasteiger partial charge in [0.1, 0.15) is 24.0 Å². The molecule has 0 aromatic heterocycles. The topological polar surface area (TPSA) is 96.5 Å². The molecule has 2 aliphatic carbocycles. The maximum absolute atomic E-state index is 15.1. The minimum absolute atomic E-state index is 0.110. The molecule has 0 bridgehead atoms. The molecule has 1 unspecified atom stereocenters. The van der Waals surface area contributed by atoms with Gasteiger partial charge in [-0.15, -0.1) is 0 Å². The number of rotatable bonds is 10. The summed E-state index contributed by atoms with van der Waals surface area (Å²) >= 11 is 0. The number of anilines is 1. The predicted octanol–water partition coefficient (Wildman–Crippen LogP) is 5.52. The molecule has 2 aliphatic rings. The maximum Gasteiger partial charge on any atom is 0.408 e. The number of alkyl carbamates (subject to hydrolysis) is 1. The Morgan fingerprint density at radius 3 is 2.13 bits per heavy atom. The maximum atomic E-state index is 15.1. The summed E-state index contributed by atoms with van der Waals surface area (Å²) in [5, 5.41) is 7.04. The molecule has 3 amide bonds. The fourth-order valence-electron chi connectivity index (χ4n) is 4.61. The lowest BCUT2D eigenvalue weighted by atomic mass is 9.88. The molecule has 7 nitrogen and oxygen atoms in total. The van der Waals surface area contributed by atoms with Gasteiger partial charge in [0.2, 0.25) is 11.8 Å². The van der Waals surface area contributed by atoms with Gasteiger partial charge in [0.25, 0.3) is 0 Å². The molecule has 0 spiro atoms. The van der Waals surface area contributed by atoms with Crippen LogP contribution in [0.3, 0.4) is 0 Å². The van der Waals surface area contributed by atoms with Gasteiger partial charge in [-0.1, -0.05) is 12.7 Å². The molecule has 210 valence electrons. The Hall–Kier alpha value is -3.11. The van der Waals surface area contributed by atoms with Gasteiger partial charge in [0, 0.05) is 0 Å². The van der Waals surface area contributed by atoms with Crippen LogP contribution in [0.25, 0.3) is 6.08 Å². The van der Waals surface area contributed by atoms with E-state index in [1.807, 2.05) is 0 Å². The number of hydrogen-bond acceptors (Lipinski definition) is 4. The summed E-state index contributed by atoms with van der Waals surface area (Å²) in [4.78, 5) is 38.3. The van der Waals surface area contributed by atoms with E-state index in [1.165, 1.54) is 19.1 Å². The highest BCUT2D eigenvalue weighted by atomic mass is 19.4. The standard InChI is InChI=1S/C27H35F4N3O4/c1-6-15-11-20(19(28)12-18(15)14(2)23(35)32-13-27(29,30)31)33-24(36)22(34-25(37)38-26(3,4)5)21(16-7-8-16)17-9-10-17/h6,11-12,14,16-17,21-22H,1,7-10,13H2,2-5H3,(H,32,35)(H,33,36)(H,34,37)/t14?,22-/m0/s1. The summed E-state index contributed by atoms with van der Waals surface area (Å²) in [6, 6.07) is 1.33. The molecular formula is C27H35F4N3O4. The molecule has 3 rings (SSSR count). The van der Waals surface area contributed by atoms with Crippen molar-refractivity contribution in [2.24, 2.45) is 17.8 Å². The third kappa shape index (κ3) is 8.19. The van der Waals surface area contributed by atoms with Crippen LogP contribution in [0.1, 0.15) is 70.4 Å².